The third kappa shape index (κ3) is 5.82. The van der Waals surface area contributed by atoms with E-state index in [1.54, 1.807) is 19.9 Å². The van der Waals surface area contributed by atoms with Crippen molar-refractivity contribution in [3.8, 4) is 5.75 Å². The van der Waals surface area contributed by atoms with Gasteiger partial charge in [-0.25, -0.2) is 4.79 Å². The number of nitrogens with zero attached hydrogens (tertiary/aromatic N) is 1. The number of fused-ring (bicyclic) bond motifs is 1. The zero-order chi connectivity index (χ0) is 26.4. The zero-order valence-electron chi connectivity index (χ0n) is 21.4. The molecule has 3 unspecified atom stereocenters. The minimum absolute atomic E-state index is 0.00602. The first-order chi connectivity index (χ1) is 17.2. The van der Waals surface area contributed by atoms with E-state index in [1.807, 2.05) is 45.0 Å². The van der Waals surface area contributed by atoms with E-state index < -0.39 is 26.6 Å². The molecule has 1 N–H and O–H groups in total. The van der Waals surface area contributed by atoms with Gasteiger partial charge in [-0.2, -0.15) is 0 Å². The minimum atomic E-state index is -1.53. The van der Waals surface area contributed by atoms with Crippen LogP contribution in [-0.2, 0) is 30.0 Å². The molecule has 0 bridgehead atoms. The predicted molar refractivity (Wildman–Crippen MR) is 138 cm³/mol. The van der Waals surface area contributed by atoms with Crippen LogP contribution in [0.3, 0.4) is 0 Å². The van der Waals surface area contributed by atoms with Crippen LogP contribution in [0.25, 0.3) is 0 Å². The highest BCUT2D eigenvalue weighted by atomic mass is 31.1. The molecule has 0 fully saturated rings. The first-order valence-corrected chi connectivity index (χ1v) is 13.1. The lowest BCUT2D eigenvalue weighted by Crippen LogP contribution is -2.36. The molecular formula is C27H34NO7P. The van der Waals surface area contributed by atoms with Crippen LogP contribution in [0, 0.1) is 5.92 Å². The number of carbonyl (C=O) groups is 2. The molecular weight excluding hydrogens is 481 g/mol. The number of hydrogen-bond donors (Lipinski definition) is 1. The molecule has 3 atom stereocenters. The molecule has 0 amide bonds. The number of benzene rings is 1. The van der Waals surface area contributed by atoms with Crippen molar-refractivity contribution in [2.24, 2.45) is 5.92 Å². The van der Waals surface area contributed by atoms with E-state index in [0.29, 0.717) is 18.6 Å². The van der Waals surface area contributed by atoms with Crippen molar-refractivity contribution in [2.45, 2.75) is 59.9 Å². The number of cyclic esters (lactones) is 1. The van der Waals surface area contributed by atoms with Crippen molar-refractivity contribution in [1.82, 2.24) is 4.83 Å². The van der Waals surface area contributed by atoms with E-state index >= 15 is 0 Å². The normalized spacial score (nSPS) is 19.1. The first-order valence-electron chi connectivity index (χ1n) is 12.1. The molecule has 36 heavy (non-hydrogen) atoms. The summed E-state index contributed by atoms with van der Waals surface area (Å²) in [5, 5.41) is 10.9. The Kier molecular flexibility index (Phi) is 9.35. The lowest BCUT2D eigenvalue weighted by Gasteiger charge is -2.26. The van der Waals surface area contributed by atoms with Crippen LogP contribution in [0.4, 0.5) is 0 Å². The quantitative estimate of drug-likeness (QED) is 0.181. The summed E-state index contributed by atoms with van der Waals surface area (Å²) in [6, 6.07) is 6.55. The molecule has 194 valence electrons. The summed E-state index contributed by atoms with van der Waals surface area (Å²) in [6.45, 7) is 9.56. The Balaban J connectivity index is 1.79. The number of ether oxygens (including phenoxy) is 2. The van der Waals surface area contributed by atoms with Gasteiger partial charge in [-0.3, -0.25) is 4.79 Å². The Morgan fingerprint density at radius 3 is 2.69 bits per heavy atom. The molecule has 8 nitrogen and oxygen atoms in total. The molecule has 1 aromatic rings. The largest absolute Gasteiger partial charge is 0.507 e. The van der Waals surface area contributed by atoms with Crippen LogP contribution in [0.1, 0.15) is 53.0 Å². The highest BCUT2D eigenvalue weighted by Crippen LogP contribution is 2.43. The average molecular weight is 516 g/mol. The second-order valence-electron chi connectivity index (χ2n) is 8.80. The van der Waals surface area contributed by atoms with Crippen molar-refractivity contribution in [1.29, 1.82) is 0 Å². The van der Waals surface area contributed by atoms with Crippen molar-refractivity contribution < 1.29 is 33.6 Å². The number of hydroxylamine groups is 1. The fraction of sp³-hybridized carbons (Fsp3) is 0.407. The summed E-state index contributed by atoms with van der Waals surface area (Å²) in [7, 11) is -1.53. The smallest absolute Gasteiger partial charge is 0.347 e. The molecule has 0 aromatic heterocycles. The molecule has 0 saturated carbocycles. The van der Waals surface area contributed by atoms with Crippen LogP contribution in [-0.4, -0.2) is 34.5 Å². The van der Waals surface area contributed by atoms with Gasteiger partial charge >= 0.3 is 11.9 Å². The van der Waals surface area contributed by atoms with Gasteiger partial charge < -0.3 is 24.0 Å². The molecule has 2 aliphatic rings. The maximum atomic E-state index is 12.2. The Morgan fingerprint density at radius 1 is 1.31 bits per heavy atom. The van der Waals surface area contributed by atoms with Crippen LogP contribution in [0.2, 0.25) is 0 Å². The predicted octanol–water partition coefficient (Wildman–Crippen LogP) is 5.39. The van der Waals surface area contributed by atoms with Gasteiger partial charge in [-0.15, -0.1) is 0 Å². The van der Waals surface area contributed by atoms with Gasteiger partial charge in [0.2, 0.25) is 0 Å². The summed E-state index contributed by atoms with van der Waals surface area (Å²) in [4.78, 5) is 31.3. The van der Waals surface area contributed by atoms with Gasteiger partial charge in [0.25, 0.3) is 0 Å². The number of allylic oxidation sites excluding steroid dienone is 4. The molecule has 0 saturated heterocycles. The number of rotatable bonds is 11. The van der Waals surface area contributed by atoms with Gasteiger partial charge in [0, 0.05) is 17.1 Å². The highest BCUT2D eigenvalue weighted by molar-refractivity contribution is 7.20. The standard InChI is InChI=1S/C27H34NO7P/c1-6-20-17(4)22-15-34-27(31)24(22)25(29)21(20)13-12-16(3)14-19-10-8-9-11-23(19)35-28(36-32)18(5)26(30)33-7-2/h8-12,15,17-18,29H,6-7,13-14,36H2,1-5H3. The maximum Gasteiger partial charge on any atom is 0.347 e. The number of esters is 2. The van der Waals surface area contributed by atoms with E-state index in [-0.39, 0.29) is 23.9 Å². The van der Waals surface area contributed by atoms with E-state index in [0.717, 1.165) is 39.1 Å². The lowest BCUT2D eigenvalue weighted by molar-refractivity contribution is -0.153. The van der Waals surface area contributed by atoms with Gasteiger partial charge in [-0.05, 0) is 51.7 Å². The van der Waals surface area contributed by atoms with Crippen LogP contribution in [0.15, 0.2) is 70.2 Å². The summed E-state index contributed by atoms with van der Waals surface area (Å²) in [5.74, 6) is -0.538. The lowest BCUT2D eigenvalue weighted by atomic mass is 9.78. The number of aliphatic hydroxyl groups is 1. The highest BCUT2D eigenvalue weighted by Gasteiger charge is 2.37. The maximum absolute atomic E-state index is 12.2. The Bertz CT molecular complexity index is 1160. The van der Waals surface area contributed by atoms with Gasteiger partial charge in [0.1, 0.15) is 17.4 Å². The van der Waals surface area contributed by atoms with Crippen LogP contribution >= 0.6 is 8.61 Å². The molecule has 1 aromatic carbocycles. The molecule has 3 rings (SSSR count). The third-order valence-electron chi connectivity index (χ3n) is 6.48. The molecule has 0 spiro atoms. The van der Waals surface area contributed by atoms with E-state index in [4.69, 9.17) is 14.3 Å². The number of carbonyl (C=O) groups excluding carboxylic acids is 2. The van der Waals surface area contributed by atoms with Gasteiger partial charge in [0.05, 0.1) is 12.9 Å². The monoisotopic (exact) mass is 515 g/mol. The summed E-state index contributed by atoms with van der Waals surface area (Å²) >= 11 is 0. The Labute approximate surface area is 213 Å². The van der Waals surface area contributed by atoms with Crippen molar-refractivity contribution in [2.75, 3.05) is 6.61 Å². The summed E-state index contributed by atoms with van der Waals surface area (Å²) < 4.78 is 21.9. The molecule has 1 heterocycles. The van der Waals surface area contributed by atoms with Crippen molar-refractivity contribution >= 4 is 20.5 Å². The van der Waals surface area contributed by atoms with E-state index in [9.17, 15) is 19.3 Å². The third-order valence-corrected chi connectivity index (χ3v) is 7.24. The van der Waals surface area contributed by atoms with Gasteiger partial charge in [0.15, 0.2) is 14.4 Å². The summed E-state index contributed by atoms with van der Waals surface area (Å²) in [5.41, 5.74) is 4.70. The van der Waals surface area contributed by atoms with Gasteiger partial charge in [-0.1, -0.05) is 54.1 Å². The fourth-order valence-electron chi connectivity index (χ4n) is 4.46. The average Bonchev–Trinajstić information content (AvgIpc) is 3.26. The Hall–Kier alpha value is -3.09. The zero-order valence-corrected chi connectivity index (χ0v) is 22.5. The summed E-state index contributed by atoms with van der Waals surface area (Å²) in [6.07, 6.45) is 5.22. The van der Waals surface area contributed by atoms with Crippen molar-refractivity contribution in [3.05, 3.63) is 75.8 Å². The topological polar surface area (TPSA) is 102 Å². The molecule has 0 radical (unpaired) electrons. The minimum Gasteiger partial charge on any atom is -0.507 e. The van der Waals surface area contributed by atoms with Crippen molar-refractivity contribution in [3.63, 3.8) is 0 Å². The number of para-hydroxylation sites is 1. The van der Waals surface area contributed by atoms with Crippen LogP contribution in [0.5, 0.6) is 5.75 Å². The second-order valence-corrected chi connectivity index (χ2v) is 9.52. The Morgan fingerprint density at radius 2 is 2.03 bits per heavy atom. The second kappa shape index (κ2) is 12.2. The number of hydrogen-bond acceptors (Lipinski definition) is 7. The number of aliphatic hydroxyl groups excluding tert-OH is 1. The molecule has 1 aliphatic carbocycles. The van der Waals surface area contributed by atoms with E-state index in [2.05, 4.69) is 0 Å². The van der Waals surface area contributed by atoms with E-state index in [1.165, 1.54) is 6.26 Å². The first kappa shape index (κ1) is 27.5. The van der Waals surface area contributed by atoms with Crippen LogP contribution < -0.4 is 4.84 Å². The SMILES string of the molecule is CCOC(=O)C(C)N(Oc1ccccc1CC(C)=CCC1=C(CC)C(C)C2=COC(=O)C2=C1O)[PH2]=O. The molecule has 1 aliphatic heterocycles. The molecule has 9 heteroatoms. The fourth-order valence-corrected chi connectivity index (χ4v) is 4.92.